The van der Waals surface area contributed by atoms with E-state index in [4.69, 9.17) is 9.15 Å². The maximum Gasteiger partial charge on any atom is 0.254 e. The molecule has 0 fully saturated rings. The average Bonchev–Trinajstić information content (AvgIpc) is 3.38. The fourth-order valence-corrected chi connectivity index (χ4v) is 3.78. The highest BCUT2D eigenvalue weighted by atomic mass is 16.5. The summed E-state index contributed by atoms with van der Waals surface area (Å²) in [4.78, 5) is 22.4. The van der Waals surface area contributed by atoms with Crippen molar-refractivity contribution in [2.45, 2.75) is 13.5 Å². The third kappa shape index (κ3) is 3.30. The number of carbonyl (C=O) groups excluding carboxylic acids is 1. The molecule has 5 rings (SSSR count). The van der Waals surface area contributed by atoms with Crippen molar-refractivity contribution in [3.05, 3.63) is 84.2 Å². The third-order valence-electron chi connectivity index (χ3n) is 5.23. The summed E-state index contributed by atoms with van der Waals surface area (Å²) in [5.74, 6) is 2.05. The van der Waals surface area contributed by atoms with Gasteiger partial charge in [0.15, 0.2) is 0 Å². The number of pyridine rings is 1. The number of nitrogens with one attached hydrogen (secondary N) is 1. The van der Waals surface area contributed by atoms with Crippen molar-refractivity contribution in [1.29, 1.82) is 0 Å². The Hall–Kier alpha value is -4.13. The molecule has 0 aliphatic rings. The average molecular weight is 412 g/mol. The second-order valence-electron chi connectivity index (χ2n) is 7.18. The molecule has 4 heterocycles. The molecule has 31 heavy (non-hydrogen) atoms. The Labute approximate surface area is 178 Å². The van der Waals surface area contributed by atoms with E-state index >= 15 is 0 Å². The first-order valence-corrected chi connectivity index (χ1v) is 9.87. The third-order valence-corrected chi connectivity index (χ3v) is 5.23. The van der Waals surface area contributed by atoms with Gasteiger partial charge in [-0.3, -0.25) is 4.79 Å². The van der Waals surface area contributed by atoms with E-state index in [-0.39, 0.29) is 5.91 Å². The van der Waals surface area contributed by atoms with Crippen molar-refractivity contribution in [1.82, 2.24) is 19.7 Å². The molecule has 4 aromatic heterocycles. The van der Waals surface area contributed by atoms with Gasteiger partial charge in [-0.05, 0) is 55.5 Å². The number of hydrogen-bond acceptors (Lipinski definition) is 5. The number of furan rings is 1. The van der Waals surface area contributed by atoms with Crippen molar-refractivity contribution in [2.24, 2.45) is 0 Å². The Morgan fingerprint density at radius 1 is 1.10 bits per heavy atom. The molecule has 154 valence electrons. The van der Waals surface area contributed by atoms with Crippen LogP contribution >= 0.6 is 0 Å². The molecule has 0 radical (unpaired) electrons. The zero-order valence-electron chi connectivity index (χ0n) is 17.1. The molecule has 7 heteroatoms. The van der Waals surface area contributed by atoms with Crippen LogP contribution in [0.3, 0.4) is 0 Å². The van der Waals surface area contributed by atoms with Gasteiger partial charge in [-0.1, -0.05) is 6.07 Å². The second kappa shape index (κ2) is 7.60. The molecule has 0 saturated heterocycles. The highest BCUT2D eigenvalue weighted by Gasteiger charge is 2.23. The van der Waals surface area contributed by atoms with E-state index in [1.54, 1.807) is 7.11 Å². The highest BCUT2D eigenvalue weighted by Crippen LogP contribution is 2.33. The number of benzene rings is 1. The molecule has 1 N–H and O–H groups in total. The number of rotatable bonds is 5. The normalized spacial score (nSPS) is 11.2. The number of amides is 1. The molecular formula is C24H20N4O3. The monoisotopic (exact) mass is 412 g/mol. The van der Waals surface area contributed by atoms with Gasteiger partial charge in [0, 0.05) is 11.8 Å². The second-order valence-corrected chi connectivity index (χ2v) is 7.18. The lowest BCUT2D eigenvalue weighted by atomic mass is 10.0. The predicted molar refractivity (Wildman–Crippen MR) is 117 cm³/mol. The van der Waals surface area contributed by atoms with E-state index in [0.29, 0.717) is 34.6 Å². The summed E-state index contributed by atoms with van der Waals surface area (Å²) in [5, 5.41) is 3.68. The topological polar surface area (TPSA) is 81.7 Å². The summed E-state index contributed by atoms with van der Waals surface area (Å²) in [5.41, 5.74) is 3.54. The van der Waals surface area contributed by atoms with Crippen molar-refractivity contribution in [2.75, 3.05) is 7.11 Å². The lowest BCUT2D eigenvalue weighted by Crippen LogP contribution is -2.22. The van der Waals surface area contributed by atoms with Gasteiger partial charge in [-0.25, -0.2) is 9.97 Å². The zero-order chi connectivity index (χ0) is 21.4. The van der Waals surface area contributed by atoms with Gasteiger partial charge in [0.1, 0.15) is 29.2 Å². The molecule has 0 unspecified atom stereocenters. The first-order chi connectivity index (χ1) is 15.2. The van der Waals surface area contributed by atoms with E-state index in [9.17, 15) is 4.79 Å². The Morgan fingerprint density at radius 2 is 1.94 bits per heavy atom. The number of methoxy groups -OCH3 is 1. The lowest BCUT2D eigenvalue weighted by molar-refractivity contribution is 0.0951. The Balaban J connectivity index is 1.66. The number of aromatic nitrogens is 3. The maximum absolute atomic E-state index is 13.4. The fraction of sp³-hybridized carbons (Fsp3) is 0.125. The maximum atomic E-state index is 13.4. The minimum atomic E-state index is -0.211. The summed E-state index contributed by atoms with van der Waals surface area (Å²) < 4.78 is 12.8. The van der Waals surface area contributed by atoms with Crippen LogP contribution in [0.5, 0.6) is 5.75 Å². The van der Waals surface area contributed by atoms with Crippen LogP contribution in [0, 0.1) is 6.92 Å². The smallest absolute Gasteiger partial charge is 0.254 e. The van der Waals surface area contributed by atoms with E-state index < -0.39 is 0 Å². The van der Waals surface area contributed by atoms with Gasteiger partial charge < -0.3 is 18.9 Å². The van der Waals surface area contributed by atoms with Crippen LogP contribution in [0.25, 0.3) is 27.8 Å². The number of hydrogen-bond donors (Lipinski definition) is 1. The molecule has 0 atom stereocenters. The van der Waals surface area contributed by atoms with Gasteiger partial charge in [0.05, 0.1) is 35.8 Å². The number of nitrogens with zero attached hydrogens (tertiary/aromatic N) is 3. The van der Waals surface area contributed by atoms with E-state index in [0.717, 1.165) is 22.6 Å². The van der Waals surface area contributed by atoms with E-state index in [1.165, 1.54) is 6.33 Å². The van der Waals surface area contributed by atoms with Gasteiger partial charge in [0.25, 0.3) is 5.91 Å². The van der Waals surface area contributed by atoms with Crippen LogP contribution in [0.1, 0.15) is 21.9 Å². The van der Waals surface area contributed by atoms with Crippen LogP contribution in [-0.2, 0) is 6.54 Å². The summed E-state index contributed by atoms with van der Waals surface area (Å²) in [7, 11) is 1.63. The van der Waals surface area contributed by atoms with E-state index in [1.807, 2.05) is 72.1 Å². The van der Waals surface area contributed by atoms with Gasteiger partial charge in [0.2, 0.25) is 0 Å². The van der Waals surface area contributed by atoms with Crippen molar-refractivity contribution < 1.29 is 13.9 Å². The molecular weight excluding hydrogens is 392 g/mol. The Morgan fingerprint density at radius 3 is 2.68 bits per heavy atom. The molecule has 0 saturated carbocycles. The summed E-state index contributed by atoms with van der Waals surface area (Å²) in [6.07, 6.45) is 3.42. The number of fused-ring (bicyclic) bond motifs is 3. The molecule has 0 aliphatic carbocycles. The van der Waals surface area contributed by atoms with Crippen molar-refractivity contribution in [3.63, 3.8) is 0 Å². The number of ether oxygens (including phenoxy) is 1. The molecule has 7 nitrogen and oxygen atoms in total. The Bertz CT molecular complexity index is 1400. The minimum absolute atomic E-state index is 0.211. The highest BCUT2D eigenvalue weighted by molar-refractivity contribution is 6.16. The molecule has 1 aromatic carbocycles. The van der Waals surface area contributed by atoms with Crippen molar-refractivity contribution >= 4 is 22.5 Å². The Kier molecular flexibility index (Phi) is 4.63. The van der Waals surface area contributed by atoms with Crippen LogP contribution in [0.15, 0.2) is 71.5 Å². The van der Waals surface area contributed by atoms with Crippen molar-refractivity contribution in [3.8, 4) is 17.0 Å². The van der Waals surface area contributed by atoms with Gasteiger partial charge in [-0.15, -0.1) is 0 Å². The number of aryl methyl sites for hydroxylation is 1. The van der Waals surface area contributed by atoms with Crippen LogP contribution < -0.4 is 10.1 Å². The standard InChI is InChI=1S/C24H20N4O3/c1-15-6-9-18(31-15)13-25-24(29)20-19-5-3-4-12-28(19)23-21(20)22(26-14-27-23)16-7-10-17(30-2)11-8-16/h3-12,14H,13H2,1-2H3,(H,25,29). The largest absolute Gasteiger partial charge is 0.497 e. The fourth-order valence-electron chi connectivity index (χ4n) is 3.78. The summed E-state index contributed by atoms with van der Waals surface area (Å²) in [6.45, 7) is 2.17. The zero-order valence-corrected chi connectivity index (χ0v) is 17.1. The van der Waals surface area contributed by atoms with E-state index in [2.05, 4.69) is 15.3 Å². The van der Waals surface area contributed by atoms with Crippen LogP contribution in [-0.4, -0.2) is 27.4 Å². The minimum Gasteiger partial charge on any atom is -0.497 e. The number of carbonyl (C=O) groups is 1. The molecule has 5 aromatic rings. The van der Waals surface area contributed by atoms with Crippen LogP contribution in [0.4, 0.5) is 0 Å². The quantitative estimate of drug-likeness (QED) is 0.463. The predicted octanol–water partition coefficient (Wildman–Crippen LogP) is 4.39. The summed E-state index contributed by atoms with van der Waals surface area (Å²) >= 11 is 0. The van der Waals surface area contributed by atoms with Crippen LogP contribution in [0.2, 0.25) is 0 Å². The summed E-state index contributed by atoms with van der Waals surface area (Å²) in [6, 6.07) is 17.1. The molecule has 0 spiro atoms. The first-order valence-electron chi connectivity index (χ1n) is 9.87. The molecule has 0 bridgehead atoms. The molecule has 0 aliphatic heterocycles. The van der Waals surface area contributed by atoms with Gasteiger partial charge in [-0.2, -0.15) is 0 Å². The molecule has 1 amide bonds. The first kappa shape index (κ1) is 18.9. The SMILES string of the molecule is COc1ccc(-c2ncnc3c2c(C(=O)NCc2ccc(C)o2)c2ccccn23)cc1. The van der Waals surface area contributed by atoms with Gasteiger partial charge >= 0.3 is 0 Å². The lowest BCUT2D eigenvalue weighted by Gasteiger charge is -2.07.